The molecular weight excluding hydrogens is 355 g/mol. The lowest BCUT2D eigenvalue weighted by Gasteiger charge is -2.14. The Hall–Kier alpha value is -3.28. The Morgan fingerprint density at radius 1 is 1.07 bits per heavy atom. The summed E-state index contributed by atoms with van der Waals surface area (Å²) >= 11 is 0. The molecule has 1 heterocycles. The number of nitrogens with one attached hydrogen (secondary N) is 2. The fraction of sp³-hybridized carbons (Fsp3) is 0.227. The first kappa shape index (κ1) is 19.5. The number of rotatable bonds is 6. The van der Waals surface area contributed by atoms with Gasteiger partial charge in [-0.05, 0) is 36.6 Å². The molecule has 3 rings (SSSR count). The average Bonchev–Trinajstić information content (AvgIpc) is 2.67. The molecule has 28 heavy (non-hydrogen) atoms. The summed E-state index contributed by atoms with van der Waals surface area (Å²) in [4.78, 5) is 21.3. The number of halogens is 1. The number of benzene rings is 2. The first-order valence-electron chi connectivity index (χ1n) is 9.17. The number of hydrogen-bond donors (Lipinski definition) is 2. The van der Waals surface area contributed by atoms with Crippen molar-refractivity contribution in [2.45, 2.75) is 33.2 Å². The minimum absolute atomic E-state index is 0.230. The molecule has 0 radical (unpaired) electrons. The van der Waals surface area contributed by atoms with Gasteiger partial charge in [-0.15, -0.1) is 0 Å². The van der Waals surface area contributed by atoms with Crippen LogP contribution in [0.15, 0.2) is 54.6 Å². The van der Waals surface area contributed by atoms with Crippen molar-refractivity contribution in [1.29, 1.82) is 0 Å². The lowest BCUT2D eigenvalue weighted by Crippen LogP contribution is -2.17. The topological polar surface area (TPSA) is 66.9 Å². The number of carbonyl (C=O) groups is 1. The van der Waals surface area contributed by atoms with Gasteiger partial charge in [0, 0.05) is 23.5 Å². The first-order chi connectivity index (χ1) is 13.4. The monoisotopic (exact) mass is 378 g/mol. The van der Waals surface area contributed by atoms with Crippen LogP contribution in [0.25, 0.3) is 0 Å². The predicted octanol–water partition coefficient (Wildman–Crippen LogP) is 4.91. The molecule has 5 nitrogen and oxygen atoms in total. The molecule has 144 valence electrons. The fourth-order valence-electron chi connectivity index (χ4n) is 2.88. The van der Waals surface area contributed by atoms with Crippen molar-refractivity contribution in [2.24, 2.45) is 0 Å². The van der Waals surface area contributed by atoms with E-state index in [0.29, 0.717) is 11.3 Å². The maximum atomic E-state index is 13.8. The van der Waals surface area contributed by atoms with E-state index < -0.39 is 0 Å². The largest absolute Gasteiger partial charge is 0.350 e. The normalized spacial score (nSPS) is 10.8. The van der Waals surface area contributed by atoms with Crippen molar-refractivity contribution in [3.63, 3.8) is 0 Å². The molecule has 0 bridgehead atoms. The number of nitrogens with zero attached hydrogens (tertiary/aromatic N) is 2. The van der Waals surface area contributed by atoms with Crippen LogP contribution in [-0.2, 0) is 6.54 Å². The van der Waals surface area contributed by atoms with Crippen molar-refractivity contribution in [2.75, 3.05) is 10.6 Å². The lowest BCUT2D eigenvalue weighted by molar-refractivity contribution is 0.102. The summed E-state index contributed by atoms with van der Waals surface area (Å²) in [5.41, 5.74) is 3.22. The van der Waals surface area contributed by atoms with Gasteiger partial charge >= 0.3 is 0 Å². The zero-order valence-corrected chi connectivity index (χ0v) is 16.2. The molecule has 1 aromatic heterocycles. The molecular formula is C22H23FN4O. The second-order valence-electron chi connectivity index (χ2n) is 6.86. The molecule has 0 aliphatic heterocycles. The van der Waals surface area contributed by atoms with Gasteiger partial charge in [-0.2, -0.15) is 0 Å². The Morgan fingerprint density at radius 2 is 1.79 bits per heavy atom. The number of hydrogen-bond acceptors (Lipinski definition) is 4. The third-order valence-electron chi connectivity index (χ3n) is 4.31. The van der Waals surface area contributed by atoms with E-state index in [4.69, 9.17) is 0 Å². The van der Waals surface area contributed by atoms with Crippen molar-refractivity contribution >= 4 is 17.5 Å². The predicted molar refractivity (Wildman–Crippen MR) is 109 cm³/mol. The Labute approximate surface area is 164 Å². The SMILES string of the molecule is Cc1cc(C(=O)Nc2ccccc2C(C)C)nc(NCc2ccccc2F)n1. The van der Waals surface area contributed by atoms with Gasteiger partial charge in [0.05, 0.1) is 0 Å². The zero-order chi connectivity index (χ0) is 20.1. The Morgan fingerprint density at radius 3 is 2.54 bits per heavy atom. The van der Waals surface area contributed by atoms with Gasteiger partial charge in [-0.1, -0.05) is 50.2 Å². The summed E-state index contributed by atoms with van der Waals surface area (Å²) in [7, 11) is 0. The molecule has 6 heteroatoms. The van der Waals surface area contributed by atoms with E-state index in [0.717, 1.165) is 11.3 Å². The Kier molecular flexibility index (Phi) is 5.99. The van der Waals surface area contributed by atoms with Crippen molar-refractivity contribution in [1.82, 2.24) is 9.97 Å². The van der Waals surface area contributed by atoms with Gasteiger partial charge in [0.25, 0.3) is 5.91 Å². The van der Waals surface area contributed by atoms with E-state index in [-0.39, 0.29) is 35.8 Å². The van der Waals surface area contributed by atoms with Crippen LogP contribution in [0.3, 0.4) is 0 Å². The quantitative estimate of drug-likeness (QED) is 0.639. The van der Waals surface area contributed by atoms with E-state index in [1.165, 1.54) is 6.07 Å². The van der Waals surface area contributed by atoms with Gasteiger partial charge in [-0.25, -0.2) is 14.4 Å². The lowest BCUT2D eigenvalue weighted by atomic mass is 10.0. The van der Waals surface area contributed by atoms with Crippen molar-refractivity contribution in [3.05, 3.63) is 82.9 Å². The highest BCUT2D eigenvalue weighted by Crippen LogP contribution is 2.24. The Balaban J connectivity index is 1.77. The van der Waals surface area contributed by atoms with Gasteiger partial charge in [0.1, 0.15) is 11.5 Å². The number of anilines is 2. The summed E-state index contributed by atoms with van der Waals surface area (Å²) in [5, 5.41) is 5.92. The molecule has 0 aliphatic carbocycles. The summed E-state index contributed by atoms with van der Waals surface area (Å²) in [6, 6.07) is 15.8. The third-order valence-corrected chi connectivity index (χ3v) is 4.31. The average molecular weight is 378 g/mol. The highest BCUT2D eigenvalue weighted by molar-refractivity contribution is 6.03. The number of carbonyl (C=O) groups excluding carboxylic acids is 1. The molecule has 2 N–H and O–H groups in total. The maximum absolute atomic E-state index is 13.8. The summed E-state index contributed by atoms with van der Waals surface area (Å²) in [6.07, 6.45) is 0. The first-order valence-corrected chi connectivity index (χ1v) is 9.17. The molecule has 0 spiro atoms. The molecule has 0 atom stereocenters. The zero-order valence-electron chi connectivity index (χ0n) is 16.2. The minimum Gasteiger partial charge on any atom is -0.350 e. The summed E-state index contributed by atoms with van der Waals surface area (Å²) < 4.78 is 13.8. The molecule has 0 saturated carbocycles. The molecule has 0 saturated heterocycles. The smallest absolute Gasteiger partial charge is 0.274 e. The molecule has 0 aliphatic rings. The third kappa shape index (κ3) is 4.71. The van der Waals surface area contributed by atoms with E-state index in [9.17, 15) is 9.18 Å². The minimum atomic E-state index is -0.312. The molecule has 2 aromatic carbocycles. The van der Waals surface area contributed by atoms with E-state index >= 15 is 0 Å². The summed E-state index contributed by atoms with van der Waals surface area (Å²) in [6.45, 7) is 6.16. The van der Waals surface area contributed by atoms with Gasteiger partial charge in [0.2, 0.25) is 5.95 Å². The second-order valence-corrected chi connectivity index (χ2v) is 6.86. The number of aromatic nitrogens is 2. The number of para-hydroxylation sites is 1. The maximum Gasteiger partial charge on any atom is 0.274 e. The number of amides is 1. The van der Waals surface area contributed by atoms with Gasteiger partial charge in [-0.3, -0.25) is 4.79 Å². The van der Waals surface area contributed by atoms with Crippen LogP contribution in [0.2, 0.25) is 0 Å². The van der Waals surface area contributed by atoms with Crippen LogP contribution in [0.1, 0.15) is 47.1 Å². The van der Waals surface area contributed by atoms with Crippen LogP contribution in [-0.4, -0.2) is 15.9 Å². The van der Waals surface area contributed by atoms with E-state index in [1.54, 1.807) is 31.2 Å². The molecule has 0 unspecified atom stereocenters. The van der Waals surface area contributed by atoms with Crippen LogP contribution in [0, 0.1) is 12.7 Å². The van der Waals surface area contributed by atoms with Gasteiger partial charge < -0.3 is 10.6 Å². The van der Waals surface area contributed by atoms with Crippen LogP contribution in [0.4, 0.5) is 16.0 Å². The van der Waals surface area contributed by atoms with Crippen LogP contribution < -0.4 is 10.6 Å². The van der Waals surface area contributed by atoms with Crippen LogP contribution in [0.5, 0.6) is 0 Å². The highest BCUT2D eigenvalue weighted by atomic mass is 19.1. The van der Waals surface area contributed by atoms with E-state index in [1.807, 2.05) is 24.3 Å². The molecule has 0 fully saturated rings. The summed E-state index contributed by atoms with van der Waals surface area (Å²) in [5.74, 6) is -0.0503. The van der Waals surface area contributed by atoms with Crippen molar-refractivity contribution in [3.8, 4) is 0 Å². The standard InChI is InChI=1S/C22H23FN4O/c1-14(2)17-9-5-7-11-19(17)26-21(28)20-12-15(3)25-22(27-20)24-13-16-8-4-6-10-18(16)23/h4-12,14H,13H2,1-3H3,(H,26,28)(H,24,25,27). The number of aryl methyl sites for hydroxylation is 1. The Bertz CT molecular complexity index is 988. The van der Waals surface area contributed by atoms with E-state index in [2.05, 4.69) is 34.4 Å². The van der Waals surface area contributed by atoms with Crippen LogP contribution >= 0.6 is 0 Å². The van der Waals surface area contributed by atoms with Crippen molar-refractivity contribution < 1.29 is 9.18 Å². The van der Waals surface area contributed by atoms with Gasteiger partial charge in [0.15, 0.2) is 0 Å². The molecule has 1 amide bonds. The molecule has 3 aromatic rings. The fourth-order valence-corrected chi connectivity index (χ4v) is 2.88. The highest BCUT2D eigenvalue weighted by Gasteiger charge is 2.14. The second kappa shape index (κ2) is 8.61.